The van der Waals surface area contributed by atoms with Crippen LogP contribution in [0, 0.1) is 10.8 Å². The zero-order chi connectivity index (χ0) is 14.1. The van der Waals surface area contributed by atoms with Crippen LogP contribution in [0.4, 0.5) is 17.6 Å². The number of halogens is 4. The molecule has 0 aliphatic heterocycles. The summed E-state index contributed by atoms with van der Waals surface area (Å²) in [5.74, 6) is 0. The topological polar surface area (TPSA) is 0 Å². The van der Waals surface area contributed by atoms with Crippen molar-refractivity contribution in [1.82, 2.24) is 0 Å². The molecule has 0 N–H and O–H groups in total. The lowest BCUT2D eigenvalue weighted by Crippen LogP contribution is -2.54. The van der Waals surface area contributed by atoms with E-state index in [-0.39, 0.29) is 6.42 Å². The summed E-state index contributed by atoms with van der Waals surface area (Å²) >= 11 is 0. The van der Waals surface area contributed by atoms with Crippen molar-refractivity contribution >= 4 is 0 Å². The lowest BCUT2D eigenvalue weighted by molar-refractivity contribution is -0.276. The Bertz CT molecular complexity index is 253. The molecule has 0 amide bonds. The van der Waals surface area contributed by atoms with Gasteiger partial charge in [0.25, 0.3) is 0 Å². The Labute approximate surface area is 102 Å². The predicted octanol–water partition coefficient (Wildman–Crippen LogP) is 5.52. The van der Waals surface area contributed by atoms with Crippen molar-refractivity contribution < 1.29 is 17.6 Å². The first-order valence-electron chi connectivity index (χ1n) is 6.08. The van der Waals surface area contributed by atoms with Crippen LogP contribution in [0.25, 0.3) is 0 Å². The van der Waals surface area contributed by atoms with Gasteiger partial charge >= 0.3 is 6.18 Å². The lowest BCUT2D eigenvalue weighted by Gasteiger charge is -2.45. The quantitative estimate of drug-likeness (QED) is 0.568. The Morgan fingerprint density at radius 2 is 1.18 bits per heavy atom. The zero-order valence-electron chi connectivity index (χ0n) is 11.6. The van der Waals surface area contributed by atoms with E-state index < -0.39 is 29.1 Å². The number of hydrogen-bond donors (Lipinski definition) is 0. The Hall–Kier alpha value is -0.280. The average Bonchev–Trinajstić information content (AvgIpc) is 2.15. The summed E-state index contributed by atoms with van der Waals surface area (Å²) in [5, 5.41) is 0. The maximum atomic E-state index is 14.6. The molecule has 1 atom stereocenters. The molecule has 0 bridgehead atoms. The smallest absolute Gasteiger partial charge is 0.233 e. The van der Waals surface area contributed by atoms with Crippen LogP contribution < -0.4 is 0 Å². The summed E-state index contributed by atoms with van der Waals surface area (Å²) < 4.78 is 53.9. The molecule has 0 radical (unpaired) electrons. The highest BCUT2D eigenvalue weighted by atomic mass is 19.4. The monoisotopic (exact) mass is 256 g/mol. The highest BCUT2D eigenvalue weighted by Gasteiger charge is 2.64. The molecule has 0 saturated heterocycles. The Morgan fingerprint density at radius 1 is 0.765 bits per heavy atom. The molecular weight excluding hydrogens is 232 g/mol. The molecule has 0 aromatic heterocycles. The van der Waals surface area contributed by atoms with Gasteiger partial charge in [0.2, 0.25) is 5.67 Å². The number of alkyl halides is 4. The van der Waals surface area contributed by atoms with Gasteiger partial charge in [-0.1, -0.05) is 48.0 Å². The van der Waals surface area contributed by atoms with Gasteiger partial charge in [0.05, 0.1) is 0 Å². The molecule has 0 saturated carbocycles. The first-order valence-corrected chi connectivity index (χ1v) is 6.08. The van der Waals surface area contributed by atoms with E-state index in [9.17, 15) is 17.6 Å². The highest BCUT2D eigenvalue weighted by Crippen LogP contribution is 2.54. The normalized spacial score (nSPS) is 18.0. The first-order chi connectivity index (χ1) is 7.33. The van der Waals surface area contributed by atoms with Gasteiger partial charge in [-0.2, -0.15) is 13.2 Å². The van der Waals surface area contributed by atoms with E-state index in [4.69, 9.17) is 0 Å². The molecule has 0 nitrogen and oxygen atoms in total. The Kier molecular flexibility index (Phi) is 4.69. The molecule has 0 spiro atoms. The second-order valence-corrected chi connectivity index (χ2v) is 6.23. The molecule has 0 heterocycles. The van der Waals surface area contributed by atoms with Crippen LogP contribution in [0.3, 0.4) is 0 Å². The minimum absolute atomic E-state index is 0.156. The second-order valence-electron chi connectivity index (χ2n) is 6.23. The molecule has 0 aliphatic carbocycles. The summed E-state index contributed by atoms with van der Waals surface area (Å²) in [5.41, 5.74) is -5.19. The van der Waals surface area contributed by atoms with Gasteiger partial charge in [-0.25, -0.2) is 4.39 Å². The van der Waals surface area contributed by atoms with E-state index in [0.717, 1.165) is 0 Å². The van der Waals surface area contributed by atoms with E-state index in [2.05, 4.69) is 0 Å². The van der Waals surface area contributed by atoms with E-state index in [1.54, 1.807) is 27.7 Å². The van der Waals surface area contributed by atoms with Crippen molar-refractivity contribution in [3.8, 4) is 0 Å². The van der Waals surface area contributed by atoms with Crippen molar-refractivity contribution in [2.75, 3.05) is 0 Å². The fraction of sp³-hybridized carbons (Fsp3) is 1.00. The van der Waals surface area contributed by atoms with Crippen LogP contribution in [0.2, 0.25) is 0 Å². The summed E-state index contributed by atoms with van der Waals surface area (Å²) in [6.07, 6.45) is -4.63. The van der Waals surface area contributed by atoms with E-state index in [0.29, 0.717) is 6.42 Å². The summed E-state index contributed by atoms with van der Waals surface area (Å²) in [7, 11) is 0. The predicted molar refractivity (Wildman–Crippen MR) is 62.7 cm³/mol. The van der Waals surface area contributed by atoms with Gasteiger partial charge < -0.3 is 0 Å². The van der Waals surface area contributed by atoms with Crippen molar-refractivity contribution in [3.63, 3.8) is 0 Å². The van der Waals surface area contributed by atoms with Gasteiger partial charge in [0.1, 0.15) is 0 Å². The third-order valence-electron chi connectivity index (χ3n) is 4.09. The molecule has 17 heavy (non-hydrogen) atoms. The van der Waals surface area contributed by atoms with Crippen molar-refractivity contribution in [2.45, 2.75) is 72.6 Å². The van der Waals surface area contributed by atoms with Gasteiger partial charge in [-0.05, 0) is 18.3 Å². The van der Waals surface area contributed by atoms with Gasteiger partial charge in [-0.3, -0.25) is 0 Å². The lowest BCUT2D eigenvalue weighted by atomic mass is 9.66. The Balaban J connectivity index is 5.44. The molecule has 0 rings (SSSR count). The minimum Gasteiger partial charge on any atom is -0.233 e. The fourth-order valence-electron chi connectivity index (χ4n) is 1.79. The number of hydrogen-bond acceptors (Lipinski definition) is 0. The average molecular weight is 256 g/mol. The maximum Gasteiger partial charge on any atom is 0.423 e. The van der Waals surface area contributed by atoms with Gasteiger partial charge in [0, 0.05) is 5.41 Å². The van der Waals surface area contributed by atoms with Crippen LogP contribution in [0.1, 0.15) is 60.8 Å². The second kappa shape index (κ2) is 4.77. The van der Waals surface area contributed by atoms with E-state index >= 15 is 0 Å². The van der Waals surface area contributed by atoms with Crippen molar-refractivity contribution in [3.05, 3.63) is 0 Å². The van der Waals surface area contributed by atoms with Gasteiger partial charge in [0.15, 0.2) is 0 Å². The molecule has 104 valence electrons. The van der Waals surface area contributed by atoms with Gasteiger partial charge in [-0.15, -0.1) is 0 Å². The molecule has 0 fully saturated rings. The molecule has 0 aromatic carbocycles. The molecule has 0 aliphatic rings. The van der Waals surface area contributed by atoms with Crippen LogP contribution in [-0.2, 0) is 0 Å². The van der Waals surface area contributed by atoms with E-state index in [1.807, 2.05) is 0 Å². The fourth-order valence-corrected chi connectivity index (χ4v) is 1.79. The maximum absolute atomic E-state index is 14.6. The molecular formula is C13H24F4. The summed E-state index contributed by atoms with van der Waals surface area (Å²) in [4.78, 5) is 0. The Morgan fingerprint density at radius 3 is 1.41 bits per heavy atom. The van der Waals surface area contributed by atoms with Crippen LogP contribution >= 0.6 is 0 Å². The molecule has 1 unspecified atom stereocenters. The molecule has 0 aromatic rings. The molecule has 4 heteroatoms. The minimum atomic E-state index is -4.82. The van der Waals surface area contributed by atoms with Crippen LogP contribution in [0.15, 0.2) is 0 Å². The first kappa shape index (κ1) is 16.7. The summed E-state index contributed by atoms with van der Waals surface area (Å²) in [6.45, 7) is 9.45. The number of rotatable bonds is 5. The third-order valence-corrected chi connectivity index (χ3v) is 4.09. The zero-order valence-corrected chi connectivity index (χ0v) is 11.6. The highest BCUT2D eigenvalue weighted by molar-refractivity contribution is 5.01. The third kappa shape index (κ3) is 3.35. The summed E-state index contributed by atoms with van der Waals surface area (Å²) in [6, 6.07) is 0. The van der Waals surface area contributed by atoms with Crippen LogP contribution in [-0.4, -0.2) is 11.8 Å². The standard InChI is InChI=1S/C13H24F4/c1-7-10(3,4)9-12(14,13(15,16)17)11(5,6)8-2/h7-9H2,1-6H3. The van der Waals surface area contributed by atoms with Crippen LogP contribution in [0.5, 0.6) is 0 Å². The van der Waals surface area contributed by atoms with Crippen molar-refractivity contribution in [1.29, 1.82) is 0 Å². The SMILES string of the molecule is CCC(C)(C)CC(F)(C(F)(F)F)C(C)(C)CC. The largest absolute Gasteiger partial charge is 0.423 e. The van der Waals surface area contributed by atoms with Crippen molar-refractivity contribution in [2.24, 2.45) is 10.8 Å². The van der Waals surface area contributed by atoms with E-state index in [1.165, 1.54) is 13.8 Å².